The standard InChI is InChI=1S/C25H34F2N8/c1-14-7-18(30-13-29-14)34-10-15-5-6-16(11-34)20(15)31-23-32-21(28-4)19-22(33-23)35(12-24(19,2)3)17-8-25(26,27)9-17/h7,13,15-17,20H,5-6,8-12H2,1-4H3,(H2,28,31,32,33)/t15-,16+,20+. The van der Waals surface area contributed by atoms with E-state index in [1.165, 1.54) is 0 Å². The first-order valence-corrected chi connectivity index (χ1v) is 12.7. The fourth-order valence-corrected chi connectivity index (χ4v) is 6.67. The van der Waals surface area contributed by atoms with Gasteiger partial charge in [0.1, 0.15) is 23.8 Å². The Balaban J connectivity index is 1.26. The van der Waals surface area contributed by atoms with Crippen LogP contribution in [0.5, 0.6) is 0 Å². The molecule has 0 spiro atoms. The Morgan fingerprint density at radius 2 is 1.77 bits per heavy atom. The molecule has 0 radical (unpaired) electrons. The van der Waals surface area contributed by atoms with Gasteiger partial charge in [-0.3, -0.25) is 0 Å². The number of alkyl halides is 2. The Morgan fingerprint density at radius 3 is 2.40 bits per heavy atom. The van der Waals surface area contributed by atoms with E-state index in [0.29, 0.717) is 24.3 Å². The minimum absolute atomic E-state index is 0.102. The van der Waals surface area contributed by atoms with E-state index in [4.69, 9.17) is 9.97 Å². The summed E-state index contributed by atoms with van der Waals surface area (Å²) < 4.78 is 27.4. The van der Waals surface area contributed by atoms with Crippen molar-refractivity contribution in [2.75, 3.05) is 47.1 Å². The van der Waals surface area contributed by atoms with E-state index in [1.807, 2.05) is 14.0 Å². The molecular formula is C25H34F2N8. The molecule has 2 aliphatic heterocycles. The van der Waals surface area contributed by atoms with Crippen molar-refractivity contribution in [1.29, 1.82) is 0 Å². The quantitative estimate of drug-likeness (QED) is 0.663. The number of anilines is 4. The average Bonchev–Trinajstić information content (AvgIpc) is 3.17. The smallest absolute Gasteiger partial charge is 0.252 e. The lowest BCUT2D eigenvalue weighted by Gasteiger charge is -2.42. The minimum atomic E-state index is -2.56. The zero-order valence-corrected chi connectivity index (χ0v) is 20.9. The molecule has 3 atom stereocenters. The summed E-state index contributed by atoms with van der Waals surface area (Å²) in [6.07, 6.45) is 3.75. The van der Waals surface area contributed by atoms with Gasteiger partial charge in [0.15, 0.2) is 0 Å². The van der Waals surface area contributed by atoms with Crippen LogP contribution in [0.15, 0.2) is 12.4 Å². The summed E-state index contributed by atoms with van der Waals surface area (Å²) in [4.78, 5) is 23.0. The normalized spacial score (nSPS) is 28.6. The van der Waals surface area contributed by atoms with Crippen LogP contribution in [0, 0.1) is 18.8 Å². The van der Waals surface area contributed by atoms with Gasteiger partial charge in [-0.25, -0.2) is 18.7 Å². The summed E-state index contributed by atoms with van der Waals surface area (Å²) in [5.41, 5.74) is 1.79. The fourth-order valence-electron chi connectivity index (χ4n) is 6.67. The Bertz CT molecular complexity index is 1120. The summed E-state index contributed by atoms with van der Waals surface area (Å²) in [6.45, 7) is 8.83. The Hall–Kier alpha value is -2.78. The first-order chi connectivity index (χ1) is 16.6. The number of halogens is 2. The highest BCUT2D eigenvalue weighted by Gasteiger charge is 2.52. The maximum Gasteiger partial charge on any atom is 0.252 e. The van der Waals surface area contributed by atoms with Crippen LogP contribution < -0.4 is 20.4 Å². The van der Waals surface area contributed by atoms with Crippen LogP contribution in [0.3, 0.4) is 0 Å². The number of rotatable bonds is 5. The van der Waals surface area contributed by atoms with Gasteiger partial charge in [0.25, 0.3) is 5.92 Å². The molecule has 35 heavy (non-hydrogen) atoms. The van der Waals surface area contributed by atoms with Gasteiger partial charge in [-0.2, -0.15) is 9.97 Å². The number of nitrogens with zero attached hydrogens (tertiary/aromatic N) is 6. The predicted octanol–water partition coefficient (Wildman–Crippen LogP) is 3.84. The summed E-state index contributed by atoms with van der Waals surface area (Å²) in [5, 5.41) is 6.93. The van der Waals surface area contributed by atoms with Crippen molar-refractivity contribution in [3.05, 3.63) is 23.7 Å². The van der Waals surface area contributed by atoms with Gasteiger partial charge < -0.3 is 20.4 Å². The number of hydrogen-bond acceptors (Lipinski definition) is 8. The molecule has 4 heterocycles. The monoisotopic (exact) mass is 484 g/mol. The Kier molecular flexibility index (Phi) is 5.09. The molecule has 0 aromatic carbocycles. The largest absolute Gasteiger partial charge is 0.373 e. The number of aromatic nitrogens is 4. The molecule has 4 aliphatic rings. The van der Waals surface area contributed by atoms with Crippen LogP contribution in [-0.2, 0) is 5.41 Å². The molecule has 2 saturated carbocycles. The van der Waals surface area contributed by atoms with E-state index in [2.05, 4.69) is 50.3 Å². The second-order valence-electron chi connectivity index (χ2n) is 11.5. The van der Waals surface area contributed by atoms with Crippen LogP contribution in [0.1, 0.15) is 50.8 Å². The van der Waals surface area contributed by atoms with E-state index < -0.39 is 5.92 Å². The molecule has 2 aliphatic carbocycles. The predicted molar refractivity (Wildman–Crippen MR) is 133 cm³/mol. The summed E-state index contributed by atoms with van der Waals surface area (Å²) in [7, 11) is 1.87. The van der Waals surface area contributed by atoms with Gasteiger partial charge in [-0.15, -0.1) is 0 Å². The van der Waals surface area contributed by atoms with Crippen molar-refractivity contribution < 1.29 is 8.78 Å². The van der Waals surface area contributed by atoms with Crippen molar-refractivity contribution in [2.45, 2.75) is 69.9 Å². The Morgan fingerprint density at radius 1 is 1.06 bits per heavy atom. The van der Waals surface area contributed by atoms with Gasteiger partial charge >= 0.3 is 0 Å². The van der Waals surface area contributed by atoms with Crippen LogP contribution in [0.4, 0.5) is 32.2 Å². The molecule has 2 N–H and O–H groups in total. The van der Waals surface area contributed by atoms with Crippen molar-refractivity contribution in [1.82, 2.24) is 19.9 Å². The summed E-state index contributed by atoms with van der Waals surface area (Å²) >= 11 is 0. The van der Waals surface area contributed by atoms with Crippen molar-refractivity contribution in [3.8, 4) is 0 Å². The molecule has 2 aromatic heterocycles. The first kappa shape index (κ1) is 22.7. The van der Waals surface area contributed by atoms with E-state index in [1.54, 1.807) is 6.33 Å². The number of hydrogen-bond donors (Lipinski definition) is 2. The summed E-state index contributed by atoms with van der Waals surface area (Å²) in [5.74, 6) is 1.56. The topological polar surface area (TPSA) is 82.1 Å². The maximum absolute atomic E-state index is 13.7. The molecule has 10 heteroatoms. The van der Waals surface area contributed by atoms with Crippen LogP contribution in [0.25, 0.3) is 0 Å². The van der Waals surface area contributed by atoms with E-state index in [0.717, 1.165) is 54.6 Å². The molecule has 8 nitrogen and oxygen atoms in total. The third kappa shape index (κ3) is 3.85. The molecule has 0 amide bonds. The zero-order chi connectivity index (χ0) is 24.5. The fraction of sp³-hybridized carbons (Fsp3) is 0.680. The zero-order valence-electron chi connectivity index (χ0n) is 20.9. The average molecular weight is 485 g/mol. The lowest BCUT2D eigenvalue weighted by Crippen LogP contribution is -2.51. The highest BCUT2D eigenvalue weighted by molar-refractivity contribution is 5.70. The lowest BCUT2D eigenvalue weighted by molar-refractivity contribution is -0.0859. The van der Waals surface area contributed by atoms with Gasteiger partial charge in [-0.05, 0) is 31.6 Å². The SMILES string of the molecule is CNc1nc(N[C@H]2[C@@H]3CC[C@H]2CN(c2cc(C)ncn2)C3)nc2c1C(C)(C)CN2C1CC(F)(F)C1. The minimum Gasteiger partial charge on any atom is -0.373 e. The van der Waals surface area contributed by atoms with Gasteiger partial charge in [0, 0.05) is 74.3 Å². The highest BCUT2D eigenvalue weighted by atomic mass is 19.3. The van der Waals surface area contributed by atoms with Gasteiger partial charge in [0.2, 0.25) is 5.95 Å². The number of piperidine rings is 1. The molecule has 0 unspecified atom stereocenters. The molecule has 6 rings (SSSR count). The second kappa shape index (κ2) is 7.86. The van der Waals surface area contributed by atoms with Crippen molar-refractivity contribution in [2.24, 2.45) is 11.8 Å². The second-order valence-corrected chi connectivity index (χ2v) is 11.5. The van der Waals surface area contributed by atoms with Crippen LogP contribution in [0.2, 0.25) is 0 Å². The molecular weight excluding hydrogens is 450 g/mol. The molecule has 3 fully saturated rings. The molecule has 2 aromatic rings. The van der Waals surface area contributed by atoms with E-state index >= 15 is 0 Å². The molecule has 2 bridgehead atoms. The van der Waals surface area contributed by atoms with Crippen molar-refractivity contribution in [3.63, 3.8) is 0 Å². The third-order valence-electron chi connectivity index (χ3n) is 8.39. The third-order valence-corrected chi connectivity index (χ3v) is 8.39. The van der Waals surface area contributed by atoms with Crippen LogP contribution in [-0.4, -0.2) is 64.6 Å². The Labute approximate surface area is 204 Å². The maximum atomic E-state index is 13.7. The first-order valence-electron chi connectivity index (χ1n) is 12.7. The molecule has 1 saturated heterocycles. The summed E-state index contributed by atoms with van der Waals surface area (Å²) in [6, 6.07) is 2.16. The van der Waals surface area contributed by atoms with Gasteiger partial charge in [-0.1, -0.05) is 13.8 Å². The van der Waals surface area contributed by atoms with Crippen molar-refractivity contribution >= 4 is 23.4 Å². The number of aryl methyl sites for hydroxylation is 1. The van der Waals surface area contributed by atoms with Crippen LogP contribution >= 0.6 is 0 Å². The lowest BCUT2D eigenvalue weighted by atomic mass is 9.85. The van der Waals surface area contributed by atoms with E-state index in [-0.39, 0.29) is 30.3 Å². The highest BCUT2D eigenvalue weighted by Crippen LogP contribution is 2.50. The van der Waals surface area contributed by atoms with Gasteiger partial charge in [0.05, 0.1) is 0 Å². The molecule has 188 valence electrons. The number of fused-ring (bicyclic) bond motifs is 3. The van der Waals surface area contributed by atoms with E-state index in [9.17, 15) is 8.78 Å². The number of nitrogens with one attached hydrogen (secondary N) is 2.